The minimum absolute atomic E-state index is 0.124. The summed E-state index contributed by atoms with van der Waals surface area (Å²) in [6.45, 7) is 8.06. The van der Waals surface area contributed by atoms with E-state index in [9.17, 15) is 14.4 Å². The number of rotatable bonds is 8. The van der Waals surface area contributed by atoms with Crippen molar-refractivity contribution in [3.05, 3.63) is 59.8 Å². The predicted molar refractivity (Wildman–Crippen MR) is 150 cm³/mol. The molecule has 1 aromatic heterocycles. The van der Waals surface area contributed by atoms with Crippen LogP contribution in [0.3, 0.4) is 0 Å². The molecule has 0 spiro atoms. The van der Waals surface area contributed by atoms with Crippen molar-refractivity contribution in [3.8, 4) is 23.5 Å². The number of terminal acetylenes is 1. The van der Waals surface area contributed by atoms with Crippen LogP contribution in [0, 0.1) is 12.3 Å². The Balaban J connectivity index is 1.94. The molecule has 0 fully saturated rings. The molecule has 10 heteroatoms. The number of amides is 4. The van der Waals surface area contributed by atoms with Crippen molar-refractivity contribution in [2.75, 3.05) is 18.5 Å². The first kappa shape index (κ1) is 28.8. The molecule has 0 bridgehead atoms. The Hall–Kier alpha value is -4.78. The van der Waals surface area contributed by atoms with Crippen molar-refractivity contribution in [1.82, 2.24) is 20.9 Å². The van der Waals surface area contributed by atoms with Crippen LogP contribution >= 0.6 is 0 Å². The number of anilines is 1. The van der Waals surface area contributed by atoms with Gasteiger partial charge in [0.1, 0.15) is 11.4 Å². The number of nitrogens with one attached hydrogen (secondary N) is 4. The van der Waals surface area contributed by atoms with Crippen molar-refractivity contribution in [1.29, 1.82) is 0 Å². The van der Waals surface area contributed by atoms with Gasteiger partial charge in [0.15, 0.2) is 6.61 Å². The number of fused-ring (bicyclic) bond motifs is 1. The zero-order valence-corrected chi connectivity index (χ0v) is 22.5. The Kier molecular flexibility index (Phi) is 9.70. The maximum absolute atomic E-state index is 12.1. The van der Waals surface area contributed by atoms with Gasteiger partial charge in [0.25, 0.3) is 0 Å². The van der Waals surface area contributed by atoms with E-state index in [2.05, 4.69) is 32.2 Å². The van der Waals surface area contributed by atoms with Crippen LogP contribution in [0.5, 0.6) is 0 Å². The molecule has 4 N–H and O–H groups in total. The molecule has 3 aromatic rings. The van der Waals surface area contributed by atoms with Crippen molar-refractivity contribution >= 4 is 34.8 Å². The Morgan fingerprint density at radius 2 is 1.74 bits per heavy atom. The molecule has 3 rings (SSSR count). The summed E-state index contributed by atoms with van der Waals surface area (Å²) >= 11 is 0. The highest BCUT2D eigenvalue weighted by Gasteiger charge is 2.16. The number of alkyl carbamates (subject to hydrolysis) is 2. The van der Waals surface area contributed by atoms with Crippen LogP contribution < -0.4 is 21.3 Å². The summed E-state index contributed by atoms with van der Waals surface area (Å²) in [5, 5.41) is 12.5. The van der Waals surface area contributed by atoms with Crippen LogP contribution in [0.1, 0.15) is 38.8 Å². The molecule has 0 atom stereocenters. The third-order valence-electron chi connectivity index (χ3n) is 5.35. The van der Waals surface area contributed by atoms with Gasteiger partial charge in [-0.1, -0.05) is 36.3 Å². The summed E-state index contributed by atoms with van der Waals surface area (Å²) in [5.41, 5.74) is 2.86. The molecule has 4 amide bonds. The summed E-state index contributed by atoms with van der Waals surface area (Å²) in [4.78, 5) is 40.5. The van der Waals surface area contributed by atoms with Gasteiger partial charge in [0.2, 0.25) is 0 Å². The molecule has 204 valence electrons. The van der Waals surface area contributed by atoms with E-state index in [0.29, 0.717) is 12.4 Å². The molecule has 2 aromatic carbocycles. The van der Waals surface area contributed by atoms with Gasteiger partial charge in [0, 0.05) is 31.2 Å². The first-order valence-electron chi connectivity index (χ1n) is 12.5. The summed E-state index contributed by atoms with van der Waals surface area (Å²) in [6, 6.07) is 13.0. The fourth-order valence-corrected chi connectivity index (χ4v) is 3.76. The van der Waals surface area contributed by atoms with Gasteiger partial charge < -0.3 is 25.4 Å². The highest BCUT2D eigenvalue weighted by Crippen LogP contribution is 2.32. The number of aromatic nitrogens is 1. The van der Waals surface area contributed by atoms with Gasteiger partial charge >= 0.3 is 18.2 Å². The number of urea groups is 1. The third kappa shape index (κ3) is 8.64. The Morgan fingerprint density at radius 3 is 2.46 bits per heavy atom. The molecular formula is C29H33N5O5. The lowest BCUT2D eigenvalue weighted by atomic mass is 9.95. The second kappa shape index (κ2) is 13.1. The molecule has 0 aliphatic heterocycles. The normalized spacial score (nSPS) is 10.7. The van der Waals surface area contributed by atoms with Crippen LogP contribution in [-0.2, 0) is 22.6 Å². The van der Waals surface area contributed by atoms with Gasteiger partial charge in [-0.3, -0.25) is 5.32 Å². The van der Waals surface area contributed by atoms with E-state index in [0.717, 1.165) is 33.0 Å². The van der Waals surface area contributed by atoms with Gasteiger partial charge in [-0.05, 0) is 67.5 Å². The van der Waals surface area contributed by atoms with Crippen molar-refractivity contribution in [3.63, 3.8) is 0 Å². The van der Waals surface area contributed by atoms with Gasteiger partial charge in [-0.15, -0.1) is 6.42 Å². The van der Waals surface area contributed by atoms with Crippen LogP contribution in [0.2, 0.25) is 0 Å². The maximum Gasteiger partial charge on any atom is 0.408 e. The van der Waals surface area contributed by atoms with Crippen LogP contribution in [0.25, 0.3) is 21.9 Å². The first-order valence-corrected chi connectivity index (χ1v) is 12.5. The molecule has 39 heavy (non-hydrogen) atoms. The van der Waals surface area contributed by atoms with Gasteiger partial charge in [-0.25, -0.2) is 19.4 Å². The fraction of sp³-hybridized carbons (Fsp3) is 0.310. The Labute approximate surface area is 227 Å². The molecule has 0 saturated carbocycles. The van der Waals surface area contributed by atoms with Gasteiger partial charge in [0.05, 0.1) is 0 Å². The minimum Gasteiger partial charge on any atom is -0.444 e. The van der Waals surface area contributed by atoms with E-state index in [4.69, 9.17) is 15.9 Å². The fourth-order valence-electron chi connectivity index (χ4n) is 3.76. The number of ether oxygens (including phenoxy) is 2. The Bertz CT molecular complexity index is 1390. The number of pyridine rings is 1. The number of hydrogen-bond donors (Lipinski definition) is 4. The first-order chi connectivity index (χ1) is 18.6. The number of benzene rings is 2. The average molecular weight is 532 g/mol. The average Bonchev–Trinajstić information content (AvgIpc) is 2.88. The predicted octanol–water partition coefficient (Wildman–Crippen LogP) is 4.93. The molecule has 0 radical (unpaired) electrons. The molecule has 0 saturated heterocycles. The lowest BCUT2D eigenvalue weighted by molar-refractivity contribution is 0.0523. The Morgan fingerprint density at radius 1 is 0.974 bits per heavy atom. The SMILES string of the molecule is C#CCOC(=O)NCc1ccc(-c2cccc(CNC(=O)OC(C)(C)C)c2)c2cc(NC(=O)NCC)ncc12. The third-order valence-corrected chi connectivity index (χ3v) is 5.35. The summed E-state index contributed by atoms with van der Waals surface area (Å²) in [7, 11) is 0. The molecule has 0 aliphatic carbocycles. The van der Waals surface area contributed by atoms with E-state index < -0.39 is 17.8 Å². The molecule has 1 heterocycles. The van der Waals surface area contributed by atoms with Gasteiger partial charge in [-0.2, -0.15) is 0 Å². The van der Waals surface area contributed by atoms with E-state index in [1.165, 1.54) is 0 Å². The second-order valence-corrected chi connectivity index (χ2v) is 9.56. The molecule has 0 unspecified atom stereocenters. The zero-order chi connectivity index (χ0) is 28.4. The van der Waals surface area contributed by atoms with E-state index in [1.807, 2.05) is 64.1 Å². The molecule has 10 nitrogen and oxygen atoms in total. The highest BCUT2D eigenvalue weighted by atomic mass is 16.6. The van der Waals surface area contributed by atoms with E-state index in [-0.39, 0.29) is 25.7 Å². The van der Waals surface area contributed by atoms with Crippen molar-refractivity contribution in [2.24, 2.45) is 0 Å². The zero-order valence-electron chi connectivity index (χ0n) is 22.5. The van der Waals surface area contributed by atoms with E-state index in [1.54, 1.807) is 12.3 Å². The summed E-state index contributed by atoms with van der Waals surface area (Å²) < 4.78 is 10.2. The highest BCUT2D eigenvalue weighted by molar-refractivity contribution is 6.01. The summed E-state index contributed by atoms with van der Waals surface area (Å²) in [5.74, 6) is 2.62. The largest absolute Gasteiger partial charge is 0.444 e. The van der Waals surface area contributed by atoms with Crippen LogP contribution in [0.15, 0.2) is 48.7 Å². The second-order valence-electron chi connectivity index (χ2n) is 9.56. The lowest BCUT2D eigenvalue weighted by Gasteiger charge is -2.19. The molecular weight excluding hydrogens is 498 g/mol. The van der Waals surface area contributed by atoms with E-state index >= 15 is 0 Å². The number of hydrogen-bond acceptors (Lipinski definition) is 6. The summed E-state index contributed by atoms with van der Waals surface area (Å²) in [6.07, 6.45) is 5.67. The van der Waals surface area contributed by atoms with Crippen LogP contribution in [-0.4, -0.2) is 42.0 Å². The molecule has 0 aliphatic rings. The number of carbonyl (C=O) groups is 3. The minimum atomic E-state index is -0.627. The van der Waals surface area contributed by atoms with Crippen molar-refractivity contribution in [2.45, 2.75) is 46.4 Å². The quantitative estimate of drug-likeness (QED) is 0.305. The maximum atomic E-state index is 12.1. The monoisotopic (exact) mass is 531 g/mol. The lowest BCUT2D eigenvalue weighted by Crippen LogP contribution is -2.32. The topological polar surface area (TPSA) is 131 Å². The smallest absolute Gasteiger partial charge is 0.408 e. The van der Waals surface area contributed by atoms with Crippen molar-refractivity contribution < 1.29 is 23.9 Å². The standard InChI is InChI=1S/C29H33N5O5/c1-6-13-38-27(36)33-17-21-11-12-22(23-15-25(31-18-24(21)23)34-26(35)30-7-2)20-10-8-9-19(14-20)16-32-28(37)39-29(3,4)5/h1,8-12,14-15,18H,7,13,16-17H2,2-5H3,(H,32,37)(H,33,36)(H2,30,31,34,35). The number of carbonyl (C=O) groups excluding carboxylic acids is 3. The number of nitrogens with zero attached hydrogens (tertiary/aromatic N) is 1. The van der Waals surface area contributed by atoms with Crippen LogP contribution in [0.4, 0.5) is 20.2 Å².